The number of hydrogen-bond acceptors (Lipinski definition) is 3. The second kappa shape index (κ2) is 6.72. The van der Waals surface area contributed by atoms with E-state index in [9.17, 15) is 9.59 Å². The van der Waals surface area contributed by atoms with Gasteiger partial charge in [-0.25, -0.2) is 14.7 Å². The topological polar surface area (TPSA) is 58.4 Å². The molecule has 6 nitrogen and oxygen atoms in total. The Balaban J connectivity index is 1.71. The van der Waals surface area contributed by atoms with Crippen LogP contribution >= 0.6 is 0 Å². The van der Waals surface area contributed by atoms with Gasteiger partial charge in [0.2, 0.25) is 0 Å². The third-order valence-electron chi connectivity index (χ3n) is 4.86. The van der Waals surface area contributed by atoms with Crippen molar-refractivity contribution in [1.82, 2.24) is 14.5 Å². The summed E-state index contributed by atoms with van der Waals surface area (Å²) in [5.41, 5.74) is 2.60. The predicted molar refractivity (Wildman–Crippen MR) is 103 cm³/mol. The van der Waals surface area contributed by atoms with E-state index in [4.69, 9.17) is 0 Å². The standard InChI is InChI=1S/C21H20N4O2/c1-15(16-7-4-3-5-8-16)20-22-11-12-24(20)17-9-6-10-18(13-17)25-19(26)14-23(2)21(25)27/h3-13,15H,14H2,1-2H3. The Bertz CT molecular complexity index is 996. The lowest BCUT2D eigenvalue weighted by molar-refractivity contribution is -0.116. The van der Waals surface area contributed by atoms with Crippen molar-refractivity contribution in [2.75, 3.05) is 18.5 Å². The van der Waals surface area contributed by atoms with Crippen molar-refractivity contribution in [3.8, 4) is 5.69 Å². The van der Waals surface area contributed by atoms with Crippen LogP contribution in [0.3, 0.4) is 0 Å². The number of rotatable bonds is 4. The molecule has 0 spiro atoms. The number of hydrogen-bond donors (Lipinski definition) is 0. The molecule has 2 heterocycles. The SMILES string of the molecule is CC(c1ccccc1)c1nccn1-c1cccc(N2C(=O)CN(C)C2=O)c1. The molecule has 0 N–H and O–H groups in total. The molecular weight excluding hydrogens is 340 g/mol. The zero-order valence-corrected chi connectivity index (χ0v) is 15.2. The molecule has 1 aliphatic rings. The number of benzene rings is 2. The highest BCUT2D eigenvalue weighted by Gasteiger charge is 2.34. The summed E-state index contributed by atoms with van der Waals surface area (Å²) in [6, 6.07) is 17.3. The summed E-state index contributed by atoms with van der Waals surface area (Å²) in [5, 5.41) is 0. The molecular formula is C21H20N4O2. The smallest absolute Gasteiger partial charge is 0.318 e. The van der Waals surface area contributed by atoms with E-state index in [2.05, 4.69) is 24.0 Å². The molecule has 0 radical (unpaired) electrons. The molecule has 1 saturated heterocycles. The van der Waals surface area contributed by atoms with Crippen molar-refractivity contribution < 1.29 is 9.59 Å². The van der Waals surface area contributed by atoms with Crippen LogP contribution in [0.15, 0.2) is 67.0 Å². The van der Waals surface area contributed by atoms with Crippen LogP contribution in [0.1, 0.15) is 24.2 Å². The first-order valence-corrected chi connectivity index (χ1v) is 8.83. The average Bonchev–Trinajstić information content (AvgIpc) is 3.27. The molecule has 1 fully saturated rings. The first-order valence-electron chi connectivity index (χ1n) is 8.83. The summed E-state index contributed by atoms with van der Waals surface area (Å²) in [6.07, 6.45) is 3.66. The van der Waals surface area contributed by atoms with Gasteiger partial charge >= 0.3 is 6.03 Å². The van der Waals surface area contributed by atoms with Crippen molar-refractivity contribution in [3.05, 3.63) is 78.4 Å². The van der Waals surface area contributed by atoms with Gasteiger partial charge in [0, 0.05) is 31.0 Å². The number of likely N-dealkylation sites (N-methyl/N-ethyl adjacent to an activating group) is 1. The molecule has 0 bridgehead atoms. The lowest BCUT2D eigenvalue weighted by Crippen LogP contribution is -2.31. The van der Waals surface area contributed by atoms with Gasteiger partial charge in [0.15, 0.2) is 0 Å². The molecule has 1 aromatic heterocycles. The van der Waals surface area contributed by atoms with Gasteiger partial charge in [0.1, 0.15) is 12.4 Å². The number of anilines is 1. The van der Waals surface area contributed by atoms with E-state index < -0.39 is 0 Å². The molecule has 4 rings (SSSR count). The normalized spacial score (nSPS) is 15.5. The number of carbonyl (C=O) groups excluding carboxylic acids is 2. The highest BCUT2D eigenvalue weighted by molar-refractivity contribution is 6.19. The zero-order chi connectivity index (χ0) is 19.0. The number of nitrogens with zero attached hydrogens (tertiary/aromatic N) is 4. The third kappa shape index (κ3) is 2.99. The van der Waals surface area contributed by atoms with Gasteiger partial charge in [0.25, 0.3) is 5.91 Å². The molecule has 27 heavy (non-hydrogen) atoms. The summed E-state index contributed by atoms with van der Waals surface area (Å²) in [4.78, 5) is 31.7. The molecule has 0 saturated carbocycles. The largest absolute Gasteiger partial charge is 0.331 e. The van der Waals surface area contributed by atoms with Crippen molar-refractivity contribution in [1.29, 1.82) is 0 Å². The number of carbonyl (C=O) groups is 2. The van der Waals surface area contributed by atoms with Crippen LogP contribution in [0.4, 0.5) is 10.5 Å². The molecule has 2 aromatic carbocycles. The van der Waals surface area contributed by atoms with Gasteiger partial charge in [-0.15, -0.1) is 0 Å². The summed E-state index contributed by atoms with van der Waals surface area (Å²) >= 11 is 0. The zero-order valence-electron chi connectivity index (χ0n) is 15.2. The molecule has 6 heteroatoms. The van der Waals surface area contributed by atoms with E-state index >= 15 is 0 Å². The lowest BCUT2D eigenvalue weighted by Gasteiger charge is -2.18. The van der Waals surface area contributed by atoms with Crippen molar-refractivity contribution in [3.63, 3.8) is 0 Å². The Morgan fingerprint density at radius 1 is 1.00 bits per heavy atom. The van der Waals surface area contributed by atoms with Crippen LogP contribution in [0.2, 0.25) is 0 Å². The molecule has 1 aliphatic heterocycles. The Kier molecular flexibility index (Phi) is 4.24. The van der Waals surface area contributed by atoms with Gasteiger partial charge < -0.3 is 9.47 Å². The maximum atomic E-state index is 12.3. The Labute approximate surface area is 157 Å². The average molecular weight is 360 g/mol. The Morgan fingerprint density at radius 2 is 1.74 bits per heavy atom. The molecule has 1 unspecified atom stereocenters. The van der Waals surface area contributed by atoms with E-state index in [0.29, 0.717) is 5.69 Å². The number of aromatic nitrogens is 2. The molecule has 3 aromatic rings. The number of amides is 3. The highest BCUT2D eigenvalue weighted by Crippen LogP contribution is 2.28. The second-order valence-corrected chi connectivity index (χ2v) is 6.68. The molecule has 0 aliphatic carbocycles. The molecule has 1 atom stereocenters. The first kappa shape index (κ1) is 17.0. The first-order chi connectivity index (χ1) is 13.1. The summed E-state index contributed by atoms with van der Waals surface area (Å²) in [7, 11) is 1.62. The van der Waals surface area contributed by atoms with Crippen LogP contribution in [-0.2, 0) is 4.79 Å². The van der Waals surface area contributed by atoms with Gasteiger partial charge in [-0.3, -0.25) is 4.79 Å². The Morgan fingerprint density at radius 3 is 2.44 bits per heavy atom. The van der Waals surface area contributed by atoms with E-state index in [0.717, 1.165) is 11.5 Å². The summed E-state index contributed by atoms with van der Waals surface area (Å²) in [6.45, 7) is 2.21. The van der Waals surface area contributed by atoms with Gasteiger partial charge in [-0.1, -0.05) is 43.3 Å². The fraction of sp³-hybridized carbons (Fsp3) is 0.190. The van der Waals surface area contributed by atoms with E-state index in [-0.39, 0.29) is 24.4 Å². The highest BCUT2D eigenvalue weighted by atomic mass is 16.2. The van der Waals surface area contributed by atoms with Crippen LogP contribution in [0.5, 0.6) is 0 Å². The fourth-order valence-electron chi connectivity index (χ4n) is 3.40. The Hall–Kier alpha value is -3.41. The van der Waals surface area contributed by atoms with Crippen molar-refractivity contribution >= 4 is 17.6 Å². The number of imidazole rings is 1. The predicted octanol–water partition coefficient (Wildman–Crippen LogP) is 3.42. The van der Waals surface area contributed by atoms with Gasteiger partial charge in [0.05, 0.1) is 5.69 Å². The quantitative estimate of drug-likeness (QED) is 0.670. The van der Waals surface area contributed by atoms with E-state index in [1.54, 1.807) is 19.3 Å². The van der Waals surface area contributed by atoms with Crippen LogP contribution < -0.4 is 4.90 Å². The maximum absolute atomic E-state index is 12.3. The second-order valence-electron chi connectivity index (χ2n) is 6.68. The monoisotopic (exact) mass is 360 g/mol. The van der Waals surface area contributed by atoms with E-state index in [1.165, 1.54) is 15.4 Å². The molecule has 3 amide bonds. The van der Waals surface area contributed by atoms with Gasteiger partial charge in [-0.2, -0.15) is 0 Å². The van der Waals surface area contributed by atoms with Crippen molar-refractivity contribution in [2.45, 2.75) is 12.8 Å². The number of urea groups is 1. The molecule has 136 valence electrons. The number of imide groups is 1. The summed E-state index contributed by atoms with van der Waals surface area (Å²) < 4.78 is 2.00. The minimum Gasteiger partial charge on any atom is -0.318 e. The van der Waals surface area contributed by atoms with Crippen LogP contribution in [0, 0.1) is 0 Å². The van der Waals surface area contributed by atoms with Crippen molar-refractivity contribution in [2.24, 2.45) is 0 Å². The fourth-order valence-corrected chi connectivity index (χ4v) is 3.40. The summed E-state index contributed by atoms with van der Waals surface area (Å²) in [5.74, 6) is 0.781. The third-order valence-corrected chi connectivity index (χ3v) is 4.86. The van der Waals surface area contributed by atoms with Gasteiger partial charge in [-0.05, 0) is 23.8 Å². The maximum Gasteiger partial charge on any atom is 0.331 e. The van der Waals surface area contributed by atoms with Crippen LogP contribution in [-0.4, -0.2) is 40.0 Å². The van der Waals surface area contributed by atoms with Crippen LogP contribution in [0.25, 0.3) is 5.69 Å². The van der Waals surface area contributed by atoms with E-state index in [1.807, 2.05) is 47.2 Å². The minimum atomic E-state index is -0.305. The minimum absolute atomic E-state index is 0.102. The lowest BCUT2D eigenvalue weighted by atomic mass is 10.0.